The van der Waals surface area contributed by atoms with Gasteiger partial charge >= 0.3 is 5.97 Å². The zero-order valence-corrected chi connectivity index (χ0v) is 29.8. The van der Waals surface area contributed by atoms with Gasteiger partial charge in [0.2, 0.25) is 0 Å². The number of hydrogen-bond donors (Lipinski definition) is 1. The Bertz CT molecular complexity index is 1930. The minimum absolute atomic E-state index is 0. The molecule has 1 amide bonds. The molecule has 5 aromatic rings. The van der Waals surface area contributed by atoms with Crippen molar-refractivity contribution in [3.05, 3.63) is 172 Å². The summed E-state index contributed by atoms with van der Waals surface area (Å²) >= 11 is 0. The van der Waals surface area contributed by atoms with Crippen LogP contribution in [0.5, 0.6) is 5.75 Å². The van der Waals surface area contributed by atoms with E-state index in [1.807, 2.05) is 123 Å². The van der Waals surface area contributed by atoms with Crippen molar-refractivity contribution in [2.45, 2.75) is 58.3 Å². The molecule has 51 heavy (non-hydrogen) atoms. The van der Waals surface area contributed by atoms with Crippen LogP contribution < -0.4 is 4.74 Å². The number of amides is 1. The second kappa shape index (κ2) is 17.8. The zero-order chi connectivity index (χ0) is 34.9. The number of carbonyl (C=O) groups is 2. The van der Waals surface area contributed by atoms with Crippen molar-refractivity contribution in [3.8, 4) is 5.75 Å². The van der Waals surface area contributed by atoms with E-state index in [0.29, 0.717) is 30.1 Å². The Morgan fingerprint density at radius 1 is 0.843 bits per heavy atom. The Hall–Kier alpha value is -5.04. The van der Waals surface area contributed by atoms with Crippen LogP contribution in [0.1, 0.15) is 51.8 Å². The van der Waals surface area contributed by atoms with Gasteiger partial charge < -0.3 is 20.0 Å². The number of aliphatic imine (C=N–C) groups is 1. The van der Waals surface area contributed by atoms with Gasteiger partial charge in [-0.3, -0.25) is 9.89 Å². The van der Waals surface area contributed by atoms with Crippen molar-refractivity contribution >= 4 is 23.3 Å². The summed E-state index contributed by atoms with van der Waals surface area (Å²) in [7, 11) is 0. The number of aliphatic carboxylic acids is 1. The van der Waals surface area contributed by atoms with Crippen LogP contribution in [0.4, 0.5) is 5.69 Å². The molecule has 0 radical (unpaired) electrons. The first-order valence-electron chi connectivity index (χ1n) is 17.1. The Labute approximate surface area is 310 Å². The fourth-order valence-electron chi connectivity index (χ4n) is 6.61. The fourth-order valence-corrected chi connectivity index (χ4v) is 6.61. The van der Waals surface area contributed by atoms with E-state index in [1.54, 1.807) is 6.07 Å². The van der Waals surface area contributed by atoms with Gasteiger partial charge in [-0.05, 0) is 78.7 Å². The minimum Gasteiger partial charge on any atom is -0.625 e. The van der Waals surface area contributed by atoms with E-state index in [4.69, 9.17) is 9.73 Å². The molecule has 6 rings (SSSR count). The number of carboxylic acid groups (broad SMARTS) is 1. The molecule has 1 aliphatic rings. The summed E-state index contributed by atoms with van der Waals surface area (Å²) in [6.07, 6.45) is 1.86. The molecule has 1 aliphatic heterocycles. The standard InChI is InChI=1S/C43H43N3O4.Ni/c1-30-25-35(50-29-33-17-8-4-9-18-33)26-31(2)37(30)27-39(43(48)49)44-41(34-19-10-5-11-20-34)36-21-12-13-22-38(36)45-42(47)40-23-14-24-46(40)28-32-15-6-3-7-16-32;/h3-13,15-22,25-26,39-40H,14,23-24,27-29H2,1-2H3,(H2,44,45,47,48,49);/p-1/t39-,40+;/m1./s1. The summed E-state index contributed by atoms with van der Waals surface area (Å²) in [5.74, 6) is -0.499. The Kier molecular flexibility index (Phi) is 13.0. The Morgan fingerprint density at radius 3 is 2.08 bits per heavy atom. The number of hydrogen-bond acceptors (Lipinski definition) is 5. The first-order chi connectivity index (χ1) is 24.4. The zero-order valence-electron chi connectivity index (χ0n) is 28.9. The summed E-state index contributed by atoms with van der Waals surface area (Å²) in [6.45, 7) is 5.91. The second-order valence-corrected chi connectivity index (χ2v) is 12.8. The van der Waals surface area contributed by atoms with Crippen molar-refractivity contribution < 1.29 is 35.9 Å². The molecular formula is C43H42N3NiO4-. The molecule has 5 aromatic carbocycles. The van der Waals surface area contributed by atoms with Crippen LogP contribution in [0, 0.1) is 13.8 Å². The maximum Gasteiger partial charge on any atom is 0.328 e. The summed E-state index contributed by atoms with van der Waals surface area (Å²) in [4.78, 5) is 33.8. The van der Waals surface area contributed by atoms with Crippen LogP contribution in [0.2, 0.25) is 0 Å². The summed E-state index contributed by atoms with van der Waals surface area (Å²) < 4.78 is 6.07. The van der Waals surface area contributed by atoms with Gasteiger partial charge in [0.1, 0.15) is 12.4 Å². The molecule has 2 atom stereocenters. The molecular weight excluding hydrogens is 681 g/mol. The summed E-state index contributed by atoms with van der Waals surface area (Å²) in [5, 5.41) is 15.2. The topological polar surface area (TPSA) is 93.3 Å². The monoisotopic (exact) mass is 722 g/mol. The van der Waals surface area contributed by atoms with Gasteiger partial charge in [0, 0.05) is 35.0 Å². The van der Waals surface area contributed by atoms with E-state index in [1.165, 1.54) is 0 Å². The van der Waals surface area contributed by atoms with E-state index >= 15 is 0 Å². The Morgan fingerprint density at radius 2 is 1.43 bits per heavy atom. The van der Waals surface area contributed by atoms with Gasteiger partial charge in [-0.15, -0.1) is 5.69 Å². The molecule has 0 aromatic heterocycles. The van der Waals surface area contributed by atoms with E-state index in [9.17, 15) is 14.7 Å². The number of carboxylic acids is 1. The largest absolute Gasteiger partial charge is 0.625 e. The van der Waals surface area contributed by atoms with Crippen molar-refractivity contribution in [2.24, 2.45) is 4.99 Å². The third-order valence-electron chi connectivity index (χ3n) is 9.20. The fraction of sp³-hybridized carbons (Fsp3) is 0.233. The molecule has 1 saturated heterocycles. The van der Waals surface area contributed by atoms with Crippen LogP contribution in [0.3, 0.4) is 0 Å². The number of rotatable bonds is 13. The van der Waals surface area contributed by atoms with Crippen molar-refractivity contribution in [3.63, 3.8) is 0 Å². The van der Waals surface area contributed by atoms with E-state index in [-0.39, 0.29) is 34.9 Å². The SMILES string of the molecule is Cc1cc(OCc2ccccc2)cc(C)c1C[C@@H](N=C(c1ccccc1)c1ccccc1[N-]C(=O)[C@@H]1CCCN1Cc1ccccc1)C(=O)O.[Ni]. The number of aryl methyl sites for hydroxylation is 2. The number of carbonyl (C=O) groups excluding carboxylic acids is 1. The van der Waals surface area contributed by atoms with Crippen molar-refractivity contribution in [1.29, 1.82) is 0 Å². The first kappa shape index (κ1) is 37.2. The molecule has 0 saturated carbocycles. The molecule has 0 unspecified atom stereocenters. The average molecular weight is 724 g/mol. The van der Waals surface area contributed by atoms with Gasteiger partial charge in [0.25, 0.3) is 0 Å². The van der Waals surface area contributed by atoms with E-state index < -0.39 is 12.0 Å². The molecule has 0 spiro atoms. The second-order valence-electron chi connectivity index (χ2n) is 12.8. The summed E-state index contributed by atoms with van der Waals surface area (Å²) in [6, 6.07) is 39.5. The van der Waals surface area contributed by atoms with E-state index in [0.717, 1.165) is 58.5 Å². The minimum atomic E-state index is -1.08. The maximum absolute atomic E-state index is 13.8. The first-order valence-corrected chi connectivity index (χ1v) is 17.1. The smallest absolute Gasteiger partial charge is 0.328 e. The molecule has 7 nitrogen and oxygen atoms in total. The van der Waals surface area contributed by atoms with Crippen molar-refractivity contribution in [1.82, 2.24) is 4.90 Å². The predicted molar refractivity (Wildman–Crippen MR) is 198 cm³/mol. The van der Waals surface area contributed by atoms with Gasteiger partial charge in [0.05, 0.1) is 17.7 Å². The third-order valence-corrected chi connectivity index (χ3v) is 9.20. The number of benzene rings is 5. The summed E-state index contributed by atoms with van der Waals surface area (Å²) in [5.41, 5.74) is 7.34. The molecule has 8 heteroatoms. The molecule has 264 valence electrons. The third kappa shape index (κ3) is 9.60. The van der Waals surface area contributed by atoms with Gasteiger partial charge in [0.15, 0.2) is 6.04 Å². The number of nitrogens with zero attached hydrogens (tertiary/aromatic N) is 3. The van der Waals surface area contributed by atoms with Crippen LogP contribution in [0.15, 0.2) is 132 Å². The quantitative estimate of drug-likeness (QED) is 0.0971. The van der Waals surface area contributed by atoms with Crippen LogP contribution >= 0.6 is 0 Å². The molecule has 1 N–H and O–H groups in total. The Balaban J connectivity index is 0.00000504. The number of likely N-dealkylation sites (tertiary alicyclic amines) is 1. The molecule has 0 bridgehead atoms. The maximum atomic E-state index is 13.8. The van der Waals surface area contributed by atoms with Gasteiger partial charge in [-0.25, -0.2) is 4.79 Å². The van der Waals surface area contributed by atoms with Crippen LogP contribution in [0.25, 0.3) is 5.32 Å². The van der Waals surface area contributed by atoms with Crippen LogP contribution in [-0.2, 0) is 45.7 Å². The normalized spacial score (nSPS) is 15.1. The van der Waals surface area contributed by atoms with E-state index in [2.05, 4.69) is 22.3 Å². The average Bonchev–Trinajstić information content (AvgIpc) is 3.60. The number of para-hydroxylation sites is 1. The molecule has 1 heterocycles. The van der Waals surface area contributed by atoms with Gasteiger partial charge in [-0.2, -0.15) is 0 Å². The number of ether oxygens (including phenoxy) is 1. The molecule has 1 fully saturated rings. The van der Waals surface area contributed by atoms with Gasteiger partial charge in [-0.1, -0.05) is 115 Å². The van der Waals surface area contributed by atoms with Crippen molar-refractivity contribution in [2.75, 3.05) is 6.54 Å². The molecule has 0 aliphatic carbocycles. The predicted octanol–water partition coefficient (Wildman–Crippen LogP) is 8.61. The van der Waals surface area contributed by atoms with Crippen LogP contribution in [-0.4, -0.2) is 46.2 Å².